The average Bonchev–Trinajstić information content (AvgIpc) is 2.64. The number of rotatable bonds is 7. The van der Waals surface area contributed by atoms with Crippen molar-refractivity contribution in [3.63, 3.8) is 0 Å². The number of nitrogens with zero attached hydrogens (tertiary/aromatic N) is 3. The number of aliphatic imine (C=N–C) groups is 1. The molecule has 0 aliphatic carbocycles. The molecule has 154 valence electrons. The fourth-order valence-electron chi connectivity index (χ4n) is 2.02. The van der Waals surface area contributed by atoms with Gasteiger partial charge in [0.15, 0.2) is 17.5 Å². The Hall–Kier alpha value is -2.62. The normalized spacial score (nSPS) is 9.50. The lowest BCUT2D eigenvalue weighted by Crippen LogP contribution is -2.22. The molecule has 2 rings (SSSR count). The Kier molecular flexibility index (Phi) is 12.3. The second-order valence-electron chi connectivity index (χ2n) is 5.53. The van der Waals surface area contributed by atoms with E-state index in [0.29, 0.717) is 6.54 Å². The van der Waals surface area contributed by atoms with Crippen LogP contribution in [-0.4, -0.2) is 33.5 Å². The number of hydrogen-bond acceptors (Lipinski definition) is 6. The van der Waals surface area contributed by atoms with Gasteiger partial charge < -0.3 is 28.0 Å². The second-order valence-corrected chi connectivity index (χ2v) is 5.92. The molecule has 11 heteroatoms. The SMILES string of the molecule is Cl.NC(=O)c1nc(Cl)cnc1N.NC(N)=NCCCCc1ccc(CO)cc1. The summed E-state index contributed by atoms with van der Waals surface area (Å²) in [5.41, 5.74) is 22.7. The van der Waals surface area contributed by atoms with Crippen LogP contribution in [0.25, 0.3) is 0 Å². The number of primary amides is 1. The number of aliphatic hydroxyl groups excluding tert-OH is 1. The zero-order valence-electron chi connectivity index (χ0n) is 15.2. The van der Waals surface area contributed by atoms with E-state index < -0.39 is 5.91 Å². The van der Waals surface area contributed by atoms with E-state index in [1.54, 1.807) is 0 Å². The van der Waals surface area contributed by atoms with Crippen LogP contribution in [0.5, 0.6) is 0 Å². The van der Waals surface area contributed by atoms with E-state index in [-0.39, 0.29) is 41.6 Å². The number of aromatic nitrogens is 2. The van der Waals surface area contributed by atoms with Crippen molar-refractivity contribution in [1.82, 2.24) is 9.97 Å². The van der Waals surface area contributed by atoms with Crippen molar-refractivity contribution in [2.75, 3.05) is 12.3 Å². The molecule has 0 spiro atoms. The molecule has 0 aliphatic rings. The molecule has 0 fully saturated rings. The van der Waals surface area contributed by atoms with Crippen LogP contribution in [0.3, 0.4) is 0 Å². The van der Waals surface area contributed by atoms with Gasteiger partial charge in [0.25, 0.3) is 5.91 Å². The lowest BCUT2D eigenvalue weighted by Gasteiger charge is -2.02. The number of carbonyl (C=O) groups excluding carboxylic acids is 1. The molecule has 0 radical (unpaired) electrons. The number of guanidine groups is 1. The highest BCUT2D eigenvalue weighted by Gasteiger charge is 2.08. The predicted octanol–water partition coefficient (Wildman–Crippen LogP) is 1.01. The van der Waals surface area contributed by atoms with Gasteiger partial charge in [0, 0.05) is 6.54 Å². The van der Waals surface area contributed by atoms with Crippen LogP contribution in [0.1, 0.15) is 34.5 Å². The molecular weight excluding hydrogens is 405 g/mol. The minimum Gasteiger partial charge on any atom is -0.392 e. The third kappa shape index (κ3) is 9.91. The molecule has 0 saturated carbocycles. The molecule has 9 nitrogen and oxygen atoms in total. The van der Waals surface area contributed by atoms with Crippen LogP contribution in [0.2, 0.25) is 5.15 Å². The third-order valence-corrected chi connectivity index (χ3v) is 3.56. The van der Waals surface area contributed by atoms with Crippen molar-refractivity contribution in [1.29, 1.82) is 0 Å². The maximum absolute atomic E-state index is 10.6. The highest BCUT2D eigenvalue weighted by atomic mass is 35.5. The molecule has 0 saturated heterocycles. The molecule has 0 atom stereocenters. The van der Waals surface area contributed by atoms with E-state index in [1.165, 1.54) is 11.8 Å². The summed E-state index contributed by atoms with van der Waals surface area (Å²) in [4.78, 5) is 21.6. The molecule has 1 aromatic carbocycles. The van der Waals surface area contributed by atoms with Crippen molar-refractivity contribution in [2.24, 2.45) is 22.2 Å². The summed E-state index contributed by atoms with van der Waals surface area (Å²) in [7, 11) is 0. The first-order chi connectivity index (χ1) is 12.8. The standard InChI is InChI=1S/C12H19N3O.C5H5ClN4O.ClH/c13-12(14)15-8-2-1-3-10-4-6-11(9-16)7-5-10;6-2-1-9-4(7)3(10-2)5(8)11;/h4-7,16H,1-3,8-9H2,(H4,13,14,15);1H,(H2,7,9)(H2,8,11);1H. The van der Waals surface area contributed by atoms with Gasteiger partial charge in [0.2, 0.25) is 0 Å². The predicted molar refractivity (Wildman–Crippen MR) is 113 cm³/mol. The van der Waals surface area contributed by atoms with Gasteiger partial charge in [0.05, 0.1) is 12.8 Å². The summed E-state index contributed by atoms with van der Waals surface area (Å²) in [6.07, 6.45) is 4.31. The number of halogens is 2. The quantitative estimate of drug-likeness (QED) is 0.247. The molecule has 1 amide bonds. The first-order valence-electron chi connectivity index (χ1n) is 8.15. The Morgan fingerprint density at radius 1 is 1.11 bits per heavy atom. The van der Waals surface area contributed by atoms with Gasteiger partial charge in [-0.3, -0.25) is 9.79 Å². The summed E-state index contributed by atoms with van der Waals surface area (Å²) < 4.78 is 0. The van der Waals surface area contributed by atoms with Gasteiger partial charge in [-0.25, -0.2) is 9.97 Å². The number of anilines is 1. The molecule has 28 heavy (non-hydrogen) atoms. The summed E-state index contributed by atoms with van der Waals surface area (Å²) in [5.74, 6) is -0.591. The van der Waals surface area contributed by atoms with E-state index >= 15 is 0 Å². The molecular formula is C17H25Cl2N7O2. The van der Waals surface area contributed by atoms with Gasteiger partial charge >= 0.3 is 0 Å². The smallest absolute Gasteiger partial charge is 0.271 e. The number of aryl methyl sites for hydroxylation is 1. The number of aliphatic hydroxyl groups is 1. The minimum atomic E-state index is -0.738. The number of carbonyl (C=O) groups is 1. The topological polar surface area (TPSA) is 180 Å². The highest BCUT2D eigenvalue weighted by molar-refractivity contribution is 6.29. The first kappa shape index (κ1) is 25.4. The molecule has 0 unspecified atom stereocenters. The number of benzene rings is 1. The van der Waals surface area contributed by atoms with Crippen LogP contribution in [0.15, 0.2) is 35.5 Å². The van der Waals surface area contributed by atoms with Gasteiger partial charge in [-0.15, -0.1) is 12.4 Å². The van der Waals surface area contributed by atoms with Crippen LogP contribution in [-0.2, 0) is 13.0 Å². The largest absolute Gasteiger partial charge is 0.392 e. The van der Waals surface area contributed by atoms with E-state index in [9.17, 15) is 4.79 Å². The Morgan fingerprint density at radius 3 is 2.21 bits per heavy atom. The van der Waals surface area contributed by atoms with Crippen LogP contribution >= 0.6 is 24.0 Å². The van der Waals surface area contributed by atoms with Gasteiger partial charge in [-0.2, -0.15) is 0 Å². The molecule has 0 bridgehead atoms. The molecule has 1 heterocycles. The van der Waals surface area contributed by atoms with Crippen molar-refractivity contribution in [3.8, 4) is 0 Å². The summed E-state index contributed by atoms with van der Waals surface area (Å²) in [5, 5.41) is 8.98. The summed E-state index contributed by atoms with van der Waals surface area (Å²) >= 11 is 5.42. The molecule has 9 N–H and O–H groups in total. The van der Waals surface area contributed by atoms with Crippen LogP contribution < -0.4 is 22.9 Å². The summed E-state index contributed by atoms with van der Waals surface area (Å²) in [6.45, 7) is 0.793. The van der Waals surface area contributed by atoms with E-state index in [1.807, 2.05) is 24.3 Å². The van der Waals surface area contributed by atoms with E-state index in [2.05, 4.69) is 15.0 Å². The Morgan fingerprint density at radius 2 is 1.71 bits per heavy atom. The van der Waals surface area contributed by atoms with Crippen LogP contribution in [0, 0.1) is 0 Å². The fourth-order valence-corrected chi connectivity index (χ4v) is 2.15. The Balaban J connectivity index is 0.000000535. The number of amides is 1. The number of hydrogen-bond donors (Lipinski definition) is 5. The van der Waals surface area contributed by atoms with Crippen LogP contribution in [0.4, 0.5) is 5.82 Å². The Labute approximate surface area is 174 Å². The van der Waals surface area contributed by atoms with Gasteiger partial charge in [-0.1, -0.05) is 35.9 Å². The van der Waals surface area contributed by atoms with Crippen molar-refractivity contribution in [3.05, 3.63) is 52.4 Å². The second kappa shape index (κ2) is 13.5. The van der Waals surface area contributed by atoms with E-state index in [0.717, 1.165) is 24.8 Å². The lowest BCUT2D eigenvalue weighted by molar-refractivity contribution is 0.0996. The van der Waals surface area contributed by atoms with Crippen molar-refractivity contribution < 1.29 is 9.90 Å². The highest BCUT2D eigenvalue weighted by Crippen LogP contribution is 2.09. The zero-order valence-corrected chi connectivity index (χ0v) is 16.8. The maximum Gasteiger partial charge on any atom is 0.271 e. The van der Waals surface area contributed by atoms with Crippen molar-refractivity contribution >= 4 is 41.7 Å². The third-order valence-electron chi connectivity index (χ3n) is 3.38. The van der Waals surface area contributed by atoms with Gasteiger partial charge in [0.1, 0.15) is 5.15 Å². The summed E-state index contributed by atoms with van der Waals surface area (Å²) in [6, 6.07) is 7.99. The zero-order chi connectivity index (χ0) is 20.2. The fraction of sp³-hybridized carbons (Fsp3) is 0.294. The number of nitrogen functional groups attached to an aromatic ring is 1. The molecule has 0 aliphatic heterocycles. The Bertz CT molecular complexity index is 767. The molecule has 2 aromatic rings. The monoisotopic (exact) mass is 429 g/mol. The first-order valence-corrected chi connectivity index (χ1v) is 8.53. The average molecular weight is 430 g/mol. The number of nitrogens with two attached hydrogens (primary N) is 4. The van der Waals surface area contributed by atoms with Crippen molar-refractivity contribution in [2.45, 2.75) is 25.9 Å². The lowest BCUT2D eigenvalue weighted by atomic mass is 10.1. The minimum absolute atomic E-state index is 0. The van der Waals surface area contributed by atoms with Gasteiger partial charge in [-0.05, 0) is 30.4 Å². The van der Waals surface area contributed by atoms with E-state index in [4.69, 9.17) is 39.6 Å². The maximum atomic E-state index is 10.6. The molecule has 1 aromatic heterocycles. The number of unbranched alkanes of at least 4 members (excludes halogenated alkanes) is 1.